The second kappa shape index (κ2) is 8.16. The van der Waals surface area contributed by atoms with Crippen molar-refractivity contribution < 1.29 is 13.2 Å². The molecule has 0 saturated heterocycles. The number of hydrogen-bond donors (Lipinski definition) is 1. The van der Waals surface area contributed by atoms with Crippen LogP contribution in [0.2, 0.25) is 0 Å². The molecular weight excluding hydrogens is 392 g/mol. The van der Waals surface area contributed by atoms with E-state index in [1.165, 1.54) is 35.0 Å². The van der Waals surface area contributed by atoms with Crippen molar-refractivity contribution in [1.29, 1.82) is 0 Å². The molecule has 0 spiro atoms. The molecule has 0 aliphatic heterocycles. The lowest BCUT2D eigenvalue weighted by molar-refractivity contribution is 0.102. The van der Waals surface area contributed by atoms with Gasteiger partial charge in [-0.15, -0.1) is 0 Å². The summed E-state index contributed by atoms with van der Waals surface area (Å²) in [4.78, 5) is 18.3. The zero-order valence-corrected chi connectivity index (χ0v) is 17.4. The monoisotopic (exact) mass is 412 g/mol. The number of nitrogens with zero attached hydrogens (tertiary/aromatic N) is 1. The number of rotatable bonds is 5. The number of amides is 1. The molecule has 7 heteroatoms. The van der Waals surface area contributed by atoms with Crippen LogP contribution in [-0.2, 0) is 9.84 Å². The molecule has 0 atom stereocenters. The lowest BCUT2D eigenvalue weighted by Crippen LogP contribution is -2.14. The lowest BCUT2D eigenvalue weighted by Gasteiger charge is -2.10. The third-order valence-corrected chi connectivity index (χ3v) is 6.35. The van der Waals surface area contributed by atoms with Gasteiger partial charge in [-0.25, -0.2) is 13.4 Å². The first kappa shape index (κ1) is 20.1. The van der Waals surface area contributed by atoms with E-state index in [2.05, 4.69) is 16.4 Å². The molecule has 1 amide bonds. The molecule has 0 aliphatic carbocycles. The Morgan fingerprint density at radius 2 is 1.79 bits per heavy atom. The number of anilines is 1. The highest BCUT2D eigenvalue weighted by molar-refractivity contribution is 7.99. The number of carbonyl (C=O) groups is 1. The number of hydrogen-bond acceptors (Lipinski definition) is 5. The van der Waals surface area contributed by atoms with Gasteiger partial charge in [-0.1, -0.05) is 23.9 Å². The number of benzene rings is 2. The number of aromatic nitrogens is 1. The van der Waals surface area contributed by atoms with Gasteiger partial charge >= 0.3 is 0 Å². The fraction of sp³-hybridized carbons (Fsp3) is 0.143. The van der Waals surface area contributed by atoms with E-state index < -0.39 is 9.84 Å². The fourth-order valence-electron chi connectivity index (χ4n) is 2.54. The van der Waals surface area contributed by atoms with Crippen molar-refractivity contribution in [2.75, 3.05) is 11.6 Å². The summed E-state index contributed by atoms with van der Waals surface area (Å²) in [7, 11) is -3.35. The predicted octanol–water partition coefficient (Wildman–Crippen LogP) is 4.51. The molecule has 0 fully saturated rings. The quantitative estimate of drug-likeness (QED) is 0.667. The van der Waals surface area contributed by atoms with E-state index >= 15 is 0 Å². The Labute approximate surface area is 169 Å². The van der Waals surface area contributed by atoms with Crippen LogP contribution in [0.5, 0.6) is 0 Å². The molecule has 144 valence electrons. The van der Waals surface area contributed by atoms with Gasteiger partial charge in [0.2, 0.25) is 0 Å². The minimum absolute atomic E-state index is 0.154. The van der Waals surface area contributed by atoms with Gasteiger partial charge in [0, 0.05) is 23.0 Å². The molecule has 0 radical (unpaired) electrons. The number of aryl methyl sites for hydroxylation is 2. The summed E-state index contributed by atoms with van der Waals surface area (Å²) in [5, 5.41) is 3.35. The molecule has 3 rings (SSSR count). The predicted molar refractivity (Wildman–Crippen MR) is 112 cm³/mol. The van der Waals surface area contributed by atoms with Crippen LogP contribution in [-0.4, -0.2) is 25.6 Å². The Kier molecular flexibility index (Phi) is 5.86. The summed E-state index contributed by atoms with van der Waals surface area (Å²) in [6.45, 7) is 4.09. The highest BCUT2D eigenvalue weighted by Crippen LogP contribution is 2.30. The molecule has 0 aliphatic rings. The first-order valence-electron chi connectivity index (χ1n) is 8.55. The lowest BCUT2D eigenvalue weighted by atomic mass is 10.1. The van der Waals surface area contributed by atoms with Crippen molar-refractivity contribution in [2.24, 2.45) is 0 Å². The second-order valence-electron chi connectivity index (χ2n) is 6.46. The molecule has 1 N–H and O–H groups in total. The summed E-state index contributed by atoms with van der Waals surface area (Å²) in [5.41, 5.74) is 3.22. The summed E-state index contributed by atoms with van der Waals surface area (Å²) in [6, 6.07) is 15.7. The Hall–Kier alpha value is -2.64. The van der Waals surface area contributed by atoms with Crippen molar-refractivity contribution in [1.82, 2.24) is 4.98 Å². The van der Waals surface area contributed by atoms with Crippen LogP contribution in [0.4, 0.5) is 5.69 Å². The molecule has 3 aromatic rings. The van der Waals surface area contributed by atoms with Crippen LogP contribution < -0.4 is 5.32 Å². The first-order valence-corrected chi connectivity index (χ1v) is 11.3. The van der Waals surface area contributed by atoms with Crippen molar-refractivity contribution in [3.63, 3.8) is 0 Å². The Bertz CT molecular complexity index is 1140. The Morgan fingerprint density at radius 1 is 1.00 bits per heavy atom. The fourth-order valence-corrected chi connectivity index (χ4v) is 4.18. The molecule has 0 bridgehead atoms. The van der Waals surface area contributed by atoms with Crippen LogP contribution in [0.25, 0.3) is 0 Å². The maximum Gasteiger partial charge on any atom is 0.258 e. The Morgan fingerprint density at radius 3 is 2.50 bits per heavy atom. The molecule has 1 heterocycles. The number of sulfone groups is 1. The van der Waals surface area contributed by atoms with E-state index in [4.69, 9.17) is 0 Å². The van der Waals surface area contributed by atoms with E-state index in [1.807, 2.05) is 26.0 Å². The average Bonchev–Trinajstić information content (AvgIpc) is 2.65. The zero-order chi connectivity index (χ0) is 20.3. The summed E-state index contributed by atoms with van der Waals surface area (Å²) < 4.78 is 23.4. The Balaban J connectivity index is 1.86. The summed E-state index contributed by atoms with van der Waals surface area (Å²) >= 11 is 1.42. The van der Waals surface area contributed by atoms with Gasteiger partial charge in [-0.05, 0) is 67.4 Å². The van der Waals surface area contributed by atoms with Crippen molar-refractivity contribution in [3.05, 3.63) is 77.5 Å². The van der Waals surface area contributed by atoms with Gasteiger partial charge in [0.15, 0.2) is 9.84 Å². The maximum atomic E-state index is 12.8. The molecule has 0 saturated carbocycles. The van der Waals surface area contributed by atoms with E-state index in [0.29, 0.717) is 16.3 Å². The molecular formula is C21H20N2O3S2. The third-order valence-electron chi connectivity index (χ3n) is 4.23. The van der Waals surface area contributed by atoms with E-state index in [9.17, 15) is 13.2 Å². The first-order chi connectivity index (χ1) is 13.2. The number of nitrogens with one attached hydrogen (secondary N) is 1. The number of pyridine rings is 1. The zero-order valence-electron chi connectivity index (χ0n) is 15.8. The van der Waals surface area contributed by atoms with Gasteiger partial charge in [-0.2, -0.15) is 0 Å². The minimum Gasteiger partial charge on any atom is -0.322 e. The van der Waals surface area contributed by atoms with E-state index in [1.54, 1.807) is 30.5 Å². The van der Waals surface area contributed by atoms with Crippen molar-refractivity contribution >= 4 is 33.2 Å². The standard InChI is InChI=1S/C21H20N2O3S2/c1-14-9-10-17(12-15(14)2)27-21-19(8-5-11-22-21)20(24)23-16-6-4-7-18(13-16)28(3,25)26/h4-13H,1-3H3,(H,23,24). The highest BCUT2D eigenvalue weighted by atomic mass is 32.2. The van der Waals surface area contributed by atoms with Crippen molar-refractivity contribution in [2.45, 2.75) is 28.7 Å². The topological polar surface area (TPSA) is 76.1 Å². The van der Waals surface area contributed by atoms with Gasteiger partial charge < -0.3 is 5.32 Å². The normalized spacial score (nSPS) is 11.2. The van der Waals surface area contributed by atoms with Crippen LogP contribution >= 0.6 is 11.8 Å². The molecule has 2 aromatic carbocycles. The highest BCUT2D eigenvalue weighted by Gasteiger charge is 2.15. The molecule has 1 aromatic heterocycles. The SMILES string of the molecule is Cc1ccc(Sc2ncccc2C(=O)Nc2cccc(S(C)(=O)=O)c2)cc1C. The van der Waals surface area contributed by atoms with Gasteiger partial charge in [0.05, 0.1) is 10.5 Å². The smallest absolute Gasteiger partial charge is 0.258 e. The van der Waals surface area contributed by atoms with Gasteiger partial charge in [-0.3, -0.25) is 4.79 Å². The number of carbonyl (C=O) groups excluding carboxylic acids is 1. The van der Waals surface area contributed by atoms with Crippen LogP contribution in [0.15, 0.2) is 75.6 Å². The second-order valence-corrected chi connectivity index (χ2v) is 9.54. The van der Waals surface area contributed by atoms with Gasteiger partial charge in [0.1, 0.15) is 5.03 Å². The van der Waals surface area contributed by atoms with E-state index in [0.717, 1.165) is 11.2 Å². The molecule has 5 nitrogen and oxygen atoms in total. The summed E-state index contributed by atoms with van der Waals surface area (Å²) in [6.07, 6.45) is 2.78. The molecule has 0 unspecified atom stereocenters. The van der Waals surface area contributed by atoms with Crippen LogP contribution in [0.3, 0.4) is 0 Å². The van der Waals surface area contributed by atoms with Crippen molar-refractivity contribution in [3.8, 4) is 0 Å². The third kappa shape index (κ3) is 4.79. The molecule has 28 heavy (non-hydrogen) atoms. The minimum atomic E-state index is -3.35. The van der Waals surface area contributed by atoms with Crippen LogP contribution in [0.1, 0.15) is 21.5 Å². The van der Waals surface area contributed by atoms with E-state index in [-0.39, 0.29) is 10.8 Å². The van der Waals surface area contributed by atoms with Gasteiger partial charge in [0.25, 0.3) is 5.91 Å². The average molecular weight is 413 g/mol. The maximum absolute atomic E-state index is 12.8. The van der Waals surface area contributed by atoms with Crippen LogP contribution in [0, 0.1) is 13.8 Å². The summed E-state index contributed by atoms with van der Waals surface area (Å²) in [5.74, 6) is -0.343. The largest absolute Gasteiger partial charge is 0.322 e.